The zero-order valence-corrected chi connectivity index (χ0v) is 7.05. The maximum absolute atomic E-state index is 7.80. The van der Waals surface area contributed by atoms with Crippen molar-refractivity contribution >= 4 is 9.03 Å². The third-order valence-electron chi connectivity index (χ3n) is 0.636. The summed E-state index contributed by atoms with van der Waals surface area (Å²) in [6, 6.07) is 0. The van der Waals surface area contributed by atoms with Gasteiger partial charge in [0.15, 0.2) is 0 Å². The van der Waals surface area contributed by atoms with Crippen LogP contribution >= 0.6 is 9.03 Å². The minimum Gasteiger partial charge on any atom is -0.458 e. The van der Waals surface area contributed by atoms with Crippen molar-refractivity contribution in [2.45, 2.75) is 26.7 Å². The van der Waals surface area contributed by atoms with Crippen molar-refractivity contribution < 1.29 is 9.42 Å². The largest absolute Gasteiger partial charge is 0.458 e. The Morgan fingerprint density at radius 3 is 2.00 bits per heavy atom. The highest BCUT2D eigenvalue weighted by atomic mass is 31.1. The number of hydrogen-bond donors (Lipinski definition) is 1. The number of hydrogen-bond acceptors (Lipinski definition) is 2. The third kappa shape index (κ3) is 32.5. The van der Waals surface area contributed by atoms with E-state index in [0.29, 0.717) is 0 Å². The smallest absolute Gasteiger partial charge is 0.211 e. The SMILES string of the molecule is C=COPO.CCCC. The van der Waals surface area contributed by atoms with Crippen LogP contribution in [0.1, 0.15) is 26.7 Å². The van der Waals surface area contributed by atoms with Crippen LogP contribution in [0, 0.1) is 0 Å². The lowest BCUT2D eigenvalue weighted by Crippen LogP contribution is -1.48. The second-order valence-corrected chi connectivity index (χ2v) is 1.79. The van der Waals surface area contributed by atoms with E-state index in [1.165, 1.54) is 19.1 Å². The van der Waals surface area contributed by atoms with E-state index < -0.39 is 9.03 Å². The quantitative estimate of drug-likeness (QED) is 0.494. The van der Waals surface area contributed by atoms with Gasteiger partial charge in [-0.15, -0.1) is 0 Å². The first-order valence-electron chi connectivity index (χ1n) is 2.99. The standard InChI is InChI=1S/C4H10.C2H5O2P/c1-3-4-2;1-2-4-5-3/h3-4H2,1-2H3;2-3,5H,1H2. The fourth-order valence-electron chi connectivity index (χ4n) is 0.0373. The van der Waals surface area contributed by atoms with E-state index in [4.69, 9.17) is 4.89 Å². The minimum absolute atomic E-state index is 0.460. The van der Waals surface area contributed by atoms with Crippen molar-refractivity contribution in [3.8, 4) is 0 Å². The van der Waals surface area contributed by atoms with Crippen LogP contribution in [0.4, 0.5) is 0 Å². The van der Waals surface area contributed by atoms with Gasteiger partial charge >= 0.3 is 0 Å². The van der Waals surface area contributed by atoms with Gasteiger partial charge in [-0.05, 0) is 0 Å². The Balaban J connectivity index is 0. The third-order valence-corrected chi connectivity index (χ3v) is 0.908. The Labute approximate surface area is 58.9 Å². The van der Waals surface area contributed by atoms with E-state index >= 15 is 0 Å². The van der Waals surface area contributed by atoms with Gasteiger partial charge in [-0.3, -0.25) is 0 Å². The van der Waals surface area contributed by atoms with Crippen LogP contribution in [0.15, 0.2) is 12.8 Å². The Kier molecular flexibility index (Phi) is 20.4. The molecule has 0 bridgehead atoms. The van der Waals surface area contributed by atoms with Gasteiger partial charge < -0.3 is 9.42 Å². The lowest BCUT2D eigenvalue weighted by molar-refractivity contribution is 0.466. The second-order valence-electron chi connectivity index (χ2n) is 1.38. The molecule has 2 nitrogen and oxygen atoms in total. The van der Waals surface area contributed by atoms with Crippen LogP contribution in [0.5, 0.6) is 0 Å². The number of unbranched alkanes of at least 4 members (excludes halogenated alkanes) is 1. The van der Waals surface area contributed by atoms with Crippen LogP contribution in [0.2, 0.25) is 0 Å². The summed E-state index contributed by atoms with van der Waals surface area (Å²) in [7, 11) is -0.460. The number of rotatable bonds is 3. The molecule has 3 heteroatoms. The van der Waals surface area contributed by atoms with Gasteiger partial charge in [0.2, 0.25) is 9.03 Å². The molecule has 0 amide bonds. The summed E-state index contributed by atoms with van der Waals surface area (Å²) in [5.41, 5.74) is 0. The summed E-state index contributed by atoms with van der Waals surface area (Å²) in [5, 5.41) is 0. The molecule has 1 unspecified atom stereocenters. The van der Waals surface area contributed by atoms with Gasteiger partial charge in [0.1, 0.15) is 0 Å². The minimum atomic E-state index is -0.460. The monoisotopic (exact) mass is 150 g/mol. The Hall–Kier alpha value is -0.0700. The predicted octanol–water partition coefficient (Wildman–Crippen LogP) is 2.45. The molecule has 0 aliphatic carbocycles. The van der Waals surface area contributed by atoms with Gasteiger partial charge in [-0.2, -0.15) is 0 Å². The first-order chi connectivity index (χ1) is 4.33. The summed E-state index contributed by atoms with van der Waals surface area (Å²) >= 11 is 0. The molecule has 0 saturated carbocycles. The van der Waals surface area contributed by atoms with Crippen molar-refractivity contribution in [1.29, 1.82) is 0 Å². The molecule has 0 aliphatic heterocycles. The highest BCUT2D eigenvalue weighted by molar-refractivity contribution is 7.25. The van der Waals surface area contributed by atoms with E-state index in [0.717, 1.165) is 0 Å². The molecule has 9 heavy (non-hydrogen) atoms. The van der Waals surface area contributed by atoms with Gasteiger partial charge in [-0.25, -0.2) is 0 Å². The highest BCUT2D eigenvalue weighted by Crippen LogP contribution is 2.00. The lowest BCUT2D eigenvalue weighted by Gasteiger charge is -1.82. The molecule has 0 aromatic heterocycles. The van der Waals surface area contributed by atoms with Crippen LogP contribution < -0.4 is 0 Å². The maximum atomic E-state index is 7.80. The molecule has 0 spiro atoms. The maximum Gasteiger partial charge on any atom is 0.211 e. The summed E-state index contributed by atoms with van der Waals surface area (Å²) in [4.78, 5) is 7.80. The summed E-state index contributed by atoms with van der Waals surface area (Å²) in [5.74, 6) is 0. The molecule has 56 valence electrons. The van der Waals surface area contributed by atoms with E-state index in [-0.39, 0.29) is 0 Å². The fourth-order valence-corrected chi connectivity index (χ4v) is 0.112. The predicted molar refractivity (Wildman–Crippen MR) is 42.4 cm³/mol. The molecule has 0 rings (SSSR count). The topological polar surface area (TPSA) is 29.5 Å². The van der Waals surface area contributed by atoms with E-state index in [9.17, 15) is 0 Å². The zero-order valence-electron chi connectivity index (χ0n) is 6.05. The Bertz CT molecular complexity index is 46.3. The first-order valence-corrected chi connectivity index (χ1v) is 3.84. The van der Waals surface area contributed by atoms with Gasteiger partial charge in [0.25, 0.3) is 0 Å². The van der Waals surface area contributed by atoms with Crippen molar-refractivity contribution in [3.63, 3.8) is 0 Å². The van der Waals surface area contributed by atoms with Crippen molar-refractivity contribution in [1.82, 2.24) is 0 Å². The van der Waals surface area contributed by atoms with E-state index in [1.807, 2.05) is 0 Å². The molecular formula is C6H15O2P. The van der Waals surface area contributed by atoms with Crippen molar-refractivity contribution in [2.24, 2.45) is 0 Å². The van der Waals surface area contributed by atoms with Crippen molar-refractivity contribution in [3.05, 3.63) is 12.8 Å². The molecule has 0 aromatic rings. The molecule has 1 N–H and O–H groups in total. The molecule has 0 aromatic carbocycles. The average molecular weight is 150 g/mol. The molecule has 1 atom stereocenters. The van der Waals surface area contributed by atoms with E-state index in [1.54, 1.807) is 0 Å². The van der Waals surface area contributed by atoms with Gasteiger partial charge in [-0.1, -0.05) is 33.3 Å². The summed E-state index contributed by atoms with van der Waals surface area (Å²) in [6.45, 7) is 7.54. The molecule has 0 radical (unpaired) electrons. The van der Waals surface area contributed by atoms with Crippen LogP contribution in [-0.2, 0) is 4.52 Å². The van der Waals surface area contributed by atoms with Crippen LogP contribution in [0.3, 0.4) is 0 Å². The summed E-state index contributed by atoms with van der Waals surface area (Å²) in [6.07, 6.45) is 3.83. The van der Waals surface area contributed by atoms with Gasteiger partial charge in [0.05, 0.1) is 6.26 Å². The Morgan fingerprint density at radius 2 is 2.00 bits per heavy atom. The van der Waals surface area contributed by atoms with Crippen LogP contribution in [-0.4, -0.2) is 4.89 Å². The molecular weight excluding hydrogens is 135 g/mol. The van der Waals surface area contributed by atoms with Crippen molar-refractivity contribution in [2.75, 3.05) is 0 Å². The van der Waals surface area contributed by atoms with E-state index in [2.05, 4.69) is 25.0 Å². The Morgan fingerprint density at radius 1 is 1.56 bits per heavy atom. The van der Waals surface area contributed by atoms with Crippen LogP contribution in [0.25, 0.3) is 0 Å². The summed E-state index contributed by atoms with van der Waals surface area (Å²) < 4.78 is 4.18. The molecule has 0 fully saturated rings. The molecule has 0 heterocycles. The van der Waals surface area contributed by atoms with Gasteiger partial charge in [0, 0.05) is 0 Å². The first kappa shape index (κ1) is 11.7. The fraction of sp³-hybridized carbons (Fsp3) is 0.667. The molecule has 0 aliphatic rings. The highest BCUT2D eigenvalue weighted by Gasteiger charge is 1.58. The zero-order chi connectivity index (χ0) is 7.54. The second kappa shape index (κ2) is 15.7. The molecule has 0 saturated heterocycles. The lowest BCUT2D eigenvalue weighted by atomic mass is 10.4. The normalized spacial score (nSPS) is 8.33. The average Bonchev–Trinajstić information content (AvgIpc) is 1.91.